The highest BCUT2D eigenvalue weighted by Crippen LogP contribution is 2.21. The van der Waals surface area contributed by atoms with Gasteiger partial charge < -0.3 is 20.1 Å². The number of nitrogens with one attached hydrogen (secondary N) is 1. The summed E-state index contributed by atoms with van der Waals surface area (Å²) in [5.74, 6) is 0.804. The van der Waals surface area contributed by atoms with Gasteiger partial charge in [-0.3, -0.25) is 19.2 Å². The van der Waals surface area contributed by atoms with Gasteiger partial charge >= 0.3 is 0 Å². The quantitative estimate of drug-likeness (QED) is 0.492. The highest BCUT2D eigenvalue weighted by atomic mass is 16.5. The molecule has 1 aliphatic rings. The zero-order chi connectivity index (χ0) is 26.3. The number of aromatic nitrogens is 2. The van der Waals surface area contributed by atoms with Gasteiger partial charge in [0.1, 0.15) is 11.3 Å². The second-order valence-electron chi connectivity index (χ2n) is 10.3. The Kier molecular flexibility index (Phi) is 9.50. The Hall–Kier alpha value is -2.91. The summed E-state index contributed by atoms with van der Waals surface area (Å²) in [5.41, 5.74) is 2.48. The summed E-state index contributed by atoms with van der Waals surface area (Å²) in [5, 5.41) is 16.4. The van der Waals surface area contributed by atoms with Crippen LogP contribution in [-0.2, 0) is 16.1 Å². The maximum Gasteiger partial charge on any atom is 0.247 e. The van der Waals surface area contributed by atoms with Crippen molar-refractivity contribution in [2.24, 2.45) is 0 Å². The molecule has 1 aromatic heterocycles. The van der Waals surface area contributed by atoms with Crippen molar-refractivity contribution in [2.75, 3.05) is 45.9 Å². The van der Waals surface area contributed by atoms with Crippen LogP contribution in [0.15, 0.2) is 30.5 Å². The van der Waals surface area contributed by atoms with Crippen molar-refractivity contribution in [3.63, 3.8) is 0 Å². The molecule has 0 saturated carbocycles. The molecule has 2 heterocycles. The molecule has 1 aliphatic heterocycles. The lowest BCUT2D eigenvalue weighted by Gasteiger charge is -2.38. The number of piperazine rings is 1. The number of aliphatic hydroxyl groups is 1. The van der Waals surface area contributed by atoms with Gasteiger partial charge in [-0.15, -0.1) is 0 Å². The van der Waals surface area contributed by atoms with Crippen LogP contribution in [0.4, 0.5) is 0 Å². The highest BCUT2D eigenvalue weighted by Gasteiger charge is 2.34. The number of ether oxygens (including phenoxy) is 1. The maximum atomic E-state index is 13.0. The molecule has 2 aromatic rings. The molecular formula is C27H41N5O4. The second-order valence-corrected chi connectivity index (χ2v) is 10.3. The number of rotatable bonds is 11. The van der Waals surface area contributed by atoms with Gasteiger partial charge in [0, 0.05) is 44.6 Å². The third-order valence-electron chi connectivity index (χ3n) is 6.64. The zero-order valence-electron chi connectivity index (χ0n) is 22.3. The smallest absolute Gasteiger partial charge is 0.247 e. The molecule has 0 bridgehead atoms. The van der Waals surface area contributed by atoms with Crippen LogP contribution in [0.25, 0.3) is 0 Å². The number of nitrogens with zero attached hydrogens (tertiary/aromatic N) is 4. The molecule has 1 fully saturated rings. The van der Waals surface area contributed by atoms with E-state index in [1.807, 2.05) is 36.0 Å². The molecule has 9 nitrogen and oxygen atoms in total. The molecule has 9 heteroatoms. The Balaban J connectivity index is 1.46. The molecule has 0 spiro atoms. The van der Waals surface area contributed by atoms with Gasteiger partial charge in [-0.05, 0) is 56.0 Å². The number of aryl methyl sites for hydroxylation is 1. The van der Waals surface area contributed by atoms with Crippen LogP contribution in [0, 0.1) is 6.92 Å². The molecule has 0 radical (unpaired) electrons. The summed E-state index contributed by atoms with van der Waals surface area (Å²) in [7, 11) is 0. The van der Waals surface area contributed by atoms with Crippen LogP contribution < -0.4 is 10.1 Å². The van der Waals surface area contributed by atoms with E-state index in [-0.39, 0.29) is 31.4 Å². The van der Waals surface area contributed by atoms with Gasteiger partial charge in [0.05, 0.1) is 26.2 Å². The van der Waals surface area contributed by atoms with Crippen molar-refractivity contribution in [1.29, 1.82) is 0 Å². The van der Waals surface area contributed by atoms with Crippen molar-refractivity contribution in [3.05, 3.63) is 47.3 Å². The predicted molar refractivity (Wildman–Crippen MR) is 139 cm³/mol. The lowest BCUT2D eigenvalue weighted by Crippen LogP contribution is -2.59. The minimum absolute atomic E-state index is 0.0931. The van der Waals surface area contributed by atoms with Crippen LogP contribution >= 0.6 is 0 Å². The normalized spacial score (nSPS) is 14.8. The number of aliphatic hydroxyl groups excluding tert-OH is 1. The average Bonchev–Trinajstić information content (AvgIpc) is 3.29. The predicted octanol–water partition coefficient (Wildman–Crippen LogP) is 2.16. The fourth-order valence-electron chi connectivity index (χ4n) is 4.50. The van der Waals surface area contributed by atoms with Crippen LogP contribution in [-0.4, -0.2) is 88.0 Å². The lowest BCUT2D eigenvalue weighted by atomic mass is 10.0. The minimum atomic E-state index is -0.990. The second kappa shape index (κ2) is 12.4. The van der Waals surface area contributed by atoms with Gasteiger partial charge in [-0.1, -0.05) is 19.9 Å². The first-order valence-electron chi connectivity index (χ1n) is 12.8. The van der Waals surface area contributed by atoms with Gasteiger partial charge in [0.2, 0.25) is 11.8 Å². The number of hydrogen-bond acceptors (Lipinski definition) is 6. The van der Waals surface area contributed by atoms with Crippen molar-refractivity contribution < 1.29 is 19.4 Å². The monoisotopic (exact) mass is 499 g/mol. The molecule has 1 aromatic carbocycles. The van der Waals surface area contributed by atoms with Crippen molar-refractivity contribution in [3.8, 4) is 5.75 Å². The van der Waals surface area contributed by atoms with E-state index in [0.29, 0.717) is 37.8 Å². The van der Waals surface area contributed by atoms with E-state index < -0.39 is 5.54 Å². The summed E-state index contributed by atoms with van der Waals surface area (Å²) in [4.78, 5) is 29.4. The number of benzene rings is 1. The molecule has 198 valence electrons. The minimum Gasteiger partial charge on any atom is -0.493 e. The number of β-amino-alcohol motifs (C(OH)–C–C–N with tert-alkyl or cyclic N) is 1. The number of carbonyl (C=O) groups is 2. The van der Waals surface area contributed by atoms with Crippen LogP contribution in [0.1, 0.15) is 56.9 Å². The van der Waals surface area contributed by atoms with Crippen LogP contribution in [0.2, 0.25) is 0 Å². The van der Waals surface area contributed by atoms with E-state index in [9.17, 15) is 9.59 Å². The first kappa shape index (κ1) is 27.7. The first-order chi connectivity index (χ1) is 17.1. The average molecular weight is 500 g/mol. The summed E-state index contributed by atoms with van der Waals surface area (Å²) < 4.78 is 7.85. The third-order valence-corrected chi connectivity index (χ3v) is 6.64. The van der Waals surface area contributed by atoms with Gasteiger partial charge in [0.15, 0.2) is 0 Å². The molecule has 3 rings (SSSR count). The topological polar surface area (TPSA) is 99.9 Å². The summed E-state index contributed by atoms with van der Waals surface area (Å²) in [6.45, 7) is 14.1. The van der Waals surface area contributed by atoms with E-state index in [0.717, 1.165) is 18.7 Å². The molecule has 1 saturated heterocycles. The molecule has 0 unspecified atom stereocenters. The summed E-state index contributed by atoms with van der Waals surface area (Å²) in [6, 6.07) is 7.99. The molecule has 0 aliphatic carbocycles. The fourth-order valence-corrected chi connectivity index (χ4v) is 4.50. The largest absolute Gasteiger partial charge is 0.493 e. The van der Waals surface area contributed by atoms with E-state index in [2.05, 4.69) is 35.2 Å². The maximum absolute atomic E-state index is 13.0. The Labute approximate surface area is 214 Å². The summed E-state index contributed by atoms with van der Waals surface area (Å²) >= 11 is 0. The van der Waals surface area contributed by atoms with E-state index in [4.69, 9.17) is 9.84 Å². The van der Waals surface area contributed by atoms with Crippen molar-refractivity contribution in [2.45, 2.75) is 59.0 Å². The van der Waals surface area contributed by atoms with E-state index in [1.54, 1.807) is 18.7 Å². The Morgan fingerprint density at radius 1 is 1.17 bits per heavy atom. The van der Waals surface area contributed by atoms with Crippen LogP contribution in [0.3, 0.4) is 0 Å². The molecule has 0 atom stereocenters. The Bertz CT molecular complexity index is 1020. The Morgan fingerprint density at radius 2 is 1.89 bits per heavy atom. The van der Waals surface area contributed by atoms with E-state index >= 15 is 0 Å². The van der Waals surface area contributed by atoms with Gasteiger partial charge in [-0.25, -0.2) is 0 Å². The SMILES string of the molecule is Cc1cc(OCCC(=O)NC(C)(C)C(=O)N2CCN(CCO)CC2)ccc1Cn1nccc1C(C)C. The lowest BCUT2D eigenvalue weighted by molar-refractivity contribution is -0.142. The molecule has 2 N–H and O–H groups in total. The molecule has 36 heavy (non-hydrogen) atoms. The van der Waals surface area contributed by atoms with Crippen LogP contribution in [0.5, 0.6) is 5.75 Å². The standard InChI is InChI=1S/C27H41N5O4/c1-20(2)24-8-10-28-32(24)19-22-6-7-23(18-21(22)3)36-17-9-25(34)29-27(4,5)26(35)31-13-11-30(12-14-31)15-16-33/h6-8,10,18,20,33H,9,11-17,19H2,1-5H3,(H,29,34). The first-order valence-corrected chi connectivity index (χ1v) is 12.8. The number of carbonyl (C=O) groups excluding carboxylic acids is 2. The number of hydrogen-bond donors (Lipinski definition) is 2. The molecular weight excluding hydrogens is 458 g/mol. The zero-order valence-corrected chi connectivity index (χ0v) is 22.3. The summed E-state index contributed by atoms with van der Waals surface area (Å²) in [6.07, 6.45) is 1.99. The van der Waals surface area contributed by atoms with E-state index in [1.165, 1.54) is 11.3 Å². The van der Waals surface area contributed by atoms with Crippen molar-refractivity contribution in [1.82, 2.24) is 24.9 Å². The van der Waals surface area contributed by atoms with Crippen molar-refractivity contribution >= 4 is 11.8 Å². The number of amides is 2. The van der Waals surface area contributed by atoms with Gasteiger partial charge in [0.25, 0.3) is 0 Å². The molecule has 2 amide bonds. The Morgan fingerprint density at radius 3 is 2.53 bits per heavy atom. The third kappa shape index (κ3) is 7.30. The highest BCUT2D eigenvalue weighted by molar-refractivity contribution is 5.90. The fraction of sp³-hybridized carbons (Fsp3) is 0.593. The van der Waals surface area contributed by atoms with Gasteiger partial charge in [-0.2, -0.15) is 5.10 Å².